The van der Waals surface area contributed by atoms with Gasteiger partial charge in [0.25, 0.3) is 11.1 Å². The Hall–Kier alpha value is -7.21. The molecule has 7 heterocycles. The number of halogens is 1. The van der Waals surface area contributed by atoms with Crippen molar-refractivity contribution < 1.29 is 8.81 Å². The molecule has 0 spiro atoms. The molecule has 0 aliphatic rings. The maximum atomic E-state index is 12.9. The molecule has 7 aromatic heterocycles. The number of fused-ring (bicyclic) bond motifs is 3. The van der Waals surface area contributed by atoms with Gasteiger partial charge < -0.3 is 24.4 Å². The quantitative estimate of drug-likeness (QED) is 0.150. The van der Waals surface area contributed by atoms with Crippen molar-refractivity contribution in [1.29, 1.82) is 0 Å². The molecular weight excluding hydrogens is 635 g/mol. The first-order valence-electron chi connectivity index (χ1n) is 15.5. The van der Waals surface area contributed by atoms with E-state index in [1.54, 1.807) is 36.7 Å². The van der Waals surface area contributed by atoms with Crippen molar-refractivity contribution in [3.05, 3.63) is 154 Å². The second-order valence-electron chi connectivity index (χ2n) is 11.3. The van der Waals surface area contributed by atoms with Crippen LogP contribution < -0.4 is 11.1 Å². The second-order valence-corrected chi connectivity index (χ2v) is 11.3. The molecule has 0 aliphatic carbocycles. The fourth-order valence-electron chi connectivity index (χ4n) is 5.52. The van der Waals surface area contributed by atoms with Crippen molar-refractivity contribution in [2.45, 2.75) is 0 Å². The van der Waals surface area contributed by atoms with E-state index in [4.69, 9.17) is 4.42 Å². The molecule has 0 radical (unpaired) electrons. The Balaban J connectivity index is 0.000000144. The molecular formula is C38H25FN8O3. The Morgan fingerprint density at radius 3 is 1.94 bits per heavy atom. The van der Waals surface area contributed by atoms with Gasteiger partial charge in [0.15, 0.2) is 5.76 Å². The molecule has 9 rings (SSSR count). The molecule has 12 heteroatoms. The van der Waals surface area contributed by atoms with Crippen LogP contribution in [0, 0.1) is 5.82 Å². The highest BCUT2D eigenvalue weighted by Crippen LogP contribution is 2.29. The van der Waals surface area contributed by atoms with E-state index in [1.807, 2.05) is 66.7 Å². The van der Waals surface area contributed by atoms with Crippen LogP contribution in [0.15, 0.2) is 130 Å². The van der Waals surface area contributed by atoms with E-state index < -0.39 is 0 Å². The predicted octanol–water partition coefficient (Wildman–Crippen LogP) is 7.35. The van der Waals surface area contributed by atoms with Gasteiger partial charge in [-0.05, 0) is 72.3 Å². The van der Waals surface area contributed by atoms with Crippen molar-refractivity contribution in [3.8, 4) is 34.0 Å². The average Bonchev–Trinajstić information content (AvgIpc) is 3.90. The van der Waals surface area contributed by atoms with Crippen LogP contribution >= 0.6 is 0 Å². The van der Waals surface area contributed by atoms with Crippen LogP contribution in [0.25, 0.3) is 79.2 Å². The van der Waals surface area contributed by atoms with Crippen LogP contribution in [0.5, 0.6) is 0 Å². The van der Waals surface area contributed by atoms with Gasteiger partial charge in [-0.15, -0.1) is 0 Å². The summed E-state index contributed by atoms with van der Waals surface area (Å²) in [4.78, 5) is 52.1. The minimum Gasteiger partial charge on any atom is -0.454 e. The normalized spacial score (nSPS) is 11.4. The van der Waals surface area contributed by atoms with E-state index in [0.29, 0.717) is 27.8 Å². The summed E-state index contributed by atoms with van der Waals surface area (Å²) >= 11 is 0. The first kappa shape index (κ1) is 30.1. The molecule has 9 aromatic rings. The second kappa shape index (κ2) is 12.8. The standard InChI is InChI=1S/C19H13FN4O.C19H12N4O2/c20-14-4-1-12(2-5-14)3-6-15-9-13(7-8-21-15)17-10-16-18(24-17)22-11-23-19(16)25;24-19-13-9-14(23-18(13)21-10-22-19)11-5-6-20-15(7-11)17-8-12-3-1-2-4-16(12)25-17/h1-11H,(H2,22,23,24,25);1-10H,(H2,21,22,23,24)/b6-3+;. The number of hydrogen-bond donors (Lipinski definition) is 4. The zero-order valence-electron chi connectivity index (χ0n) is 26.0. The summed E-state index contributed by atoms with van der Waals surface area (Å²) in [6, 6.07) is 27.2. The lowest BCUT2D eigenvalue weighted by Gasteiger charge is -2.00. The fourth-order valence-corrected chi connectivity index (χ4v) is 5.52. The average molecular weight is 661 g/mol. The smallest absolute Gasteiger partial charge is 0.260 e. The lowest BCUT2D eigenvalue weighted by atomic mass is 10.1. The van der Waals surface area contributed by atoms with E-state index in [1.165, 1.54) is 24.8 Å². The molecule has 242 valence electrons. The Labute approximate surface area is 281 Å². The maximum Gasteiger partial charge on any atom is 0.260 e. The number of rotatable bonds is 5. The highest BCUT2D eigenvalue weighted by molar-refractivity contribution is 5.85. The van der Waals surface area contributed by atoms with Gasteiger partial charge in [-0.3, -0.25) is 19.6 Å². The summed E-state index contributed by atoms with van der Waals surface area (Å²) in [5.74, 6) is 0.440. The minimum atomic E-state index is -0.264. The Kier molecular flexibility index (Phi) is 7.70. The van der Waals surface area contributed by atoms with Crippen molar-refractivity contribution in [3.63, 3.8) is 0 Å². The molecule has 0 unspecified atom stereocenters. The Morgan fingerprint density at radius 2 is 1.28 bits per heavy atom. The molecule has 0 fully saturated rings. The van der Waals surface area contributed by atoms with Crippen molar-refractivity contribution >= 4 is 45.2 Å². The van der Waals surface area contributed by atoms with Crippen LogP contribution in [0.4, 0.5) is 4.39 Å². The summed E-state index contributed by atoms with van der Waals surface area (Å²) in [6.07, 6.45) is 9.89. The Morgan fingerprint density at radius 1 is 0.640 bits per heavy atom. The number of pyridine rings is 2. The highest BCUT2D eigenvalue weighted by atomic mass is 19.1. The van der Waals surface area contributed by atoms with Crippen LogP contribution in [-0.2, 0) is 0 Å². The number of H-pyrrole nitrogens is 4. The SMILES string of the molecule is O=c1[nH]cnc2[nH]c(-c3ccnc(-c4cc5ccccc5o4)c3)cc12.O=c1[nH]cnc2[nH]c(-c3ccnc(/C=C/c4ccc(F)cc4)c3)cc12. The topological polar surface area (TPSA) is 162 Å². The molecule has 0 atom stereocenters. The molecule has 0 saturated carbocycles. The third-order valence-corrected chi connectivity index (χ3v) is 8.02. The van der Waals surface area contributed by atoms with E-state index in [-0.39, 0.29) is 16.9 Å². The van der Waals surface area contributed by atoms with Gasteiger partial charge in [0.2, 0.25) is 0 Å². The third kappa shape index (κ3) is 6.11. The summed E-state index contributed by atoms with van der Waals surface area (Å²) < 4.78 is 18.8. The van der Waals surface area contributed by atoms with E-state index in [0.717, 1.165) is 50.4 Å². The minimum absolute atomic E-state index is 0.168. The number of nitrogens with zero attached hydrogens (tertiary/aromatic N) is 4. The van der Waals surface area contributed by atoms with E-state index in [2.05, 4.69) is 39.9 Å². The molecule has 11 nitrogen and oxygen atoms in total. The van der Waals surface area contributed by atoms with Crippen LogP contribution in [-0.4, -0.2) is 39.9 Å². The molecule has 0 saturated heterocycles. The lowest BCUT2D eigenvalue weighted by Crippen LogP contribution is -2.04. The van der Waals surface area contributed by atoms with Crippen molar-refractivity contribution in [1.82, 2.24) is 39.9 Å². The first-order chi connectivity index (χ1) is 24.5. The highest BCUT2D eigenvalue weighted by Gasteiger charge is 2.12. The Bertz CT molecular complexity index is 2760. The van der Waals surface area contributed by atoms with E-state index in [9.17, 15) is 14.0 Å². The van der Waals surface area contributed by atoms with Crippen LogP contribution in [0.3, 0.4) is 0 Å². The molecule has 0 bridgehead atoms. The van der Waals surface area contributed by atoms with Crippen molar-refractivity contribution in [2.75, 3.05) is 0 Å². The fraction of sp³-hybridized carbons (Fsp3) is 0. The summed E-state index contributed by atoms with van der Waals surface area (Å²) in [7, 11) is 0. The summed E-state index contributed by atoms with van der Waals surface area (Å²) in [5, 5.41) is 2.07. The number of hydrogen-bond acceptors (Lipinski definition) is 7. The van der Waals surface area contributed by atoms with Gasteiger partial charge in [0.05, 0.1) is 29.1 Å². The number of furan rings is 1. The molecule has 0 amide bonds. The van der Waals surface area contributed by atoms with Gasteiger partial charge >= 0.3 is 0 Å². The van der Waals surface area contributed by atoms with Gasteiger partial charge in [-0.2, -0.15) is 0 Å². The van der Waals surface area contributed by atoms with Gasteiger partial charge in [0, 0.05) is 40.3 Å². The number of para-hydroxylation sites is 1. The monoisotopic (exact) mass is 660 g/mol. The number of nitrogens with one attached hydrogen (secondary N) is 4. The van der Waals surface area contributed by atoms with Crippen molar-refractivity contribution in [2.24, 2.45) is 0 Å². The third-order valence-electron chi connectivity index (χ3n) is 8.02. The number of aromatic amines is 4. The molecule has 2 aromatic carbocycles. The first-order valence-corrected chi connectivity index (χ1v) is 15.5. The van der Waals surface area contributed by atoms with E-state index >= 15 is 0 Å². The van der Waals surface area contributed by atoms with Crippen LogP contribution in [0.1, 0.15) is 11.3 Å². The lowest BCUT2D eigenvalue weighted by molar-refractivity contribution is 0.627. The molecule has 50 heavy (non-hydrogen) atoms. The zero-order chi connectivity index (χ0) is 34.0. The predicted molar refractivity (Wildman–Crippen MR) is 190 cm³/mol. The van der Waals surface area contributed by atoms with Gasteiger partial charge in [-0.1, -0.05) is 36.4 Å². The maximum absolute atomic E-state index is 12.9. The molecule has 0 aliphatic heterocycles. The summed E-state index contributed by atoms with van der Waals surface area (Å²) in [5.41, 5.74) is 7.33. The molecule has 4 N–H and O–H groups in total. The number of aromatic nitrogens is 8. The van der Waals surface area contributed by atoms with Crippen LogP contribution in [0.2, 0.25) is 0 Å². The largest absolute Gasteiger partial charge is 0.454 e. The summed E-state index contributed by atoms with van der Waals surface area (Å²) in [6.45, 7) is 0. The van der Waals surface area contributed by atoms with Gasteiger partial charge in [0.1, 0.15) is 28.4 Å². The zero-order valence-corrected chi connectivity index (χ0v) is 26.0. The van der Waals surface area contributed by atoms with Gasteiger partial charge in [-0.25, -0.2) is 14.4 Å². The number of benzene rings is 2.